The van der Waals surface area contributed by atoms with Crippen LogP contribution < -0.4 is 22.1 Å². The Labute approximate surface area is 102 Å². The van der Waals surface area contributed by atoms with Crippen LogP contribution in [-0.2, 0) is 9.59 Å². The zero-order valence-electron chi connectivity index (χ0n) is 10.8. The van der Waals surface area contributed by atoms with Gasteiger partial charge in [0.1, 0.15) is 0 Å². The Morgan fingerprint density at radius 3 is 2.35 bits per heavy atom. The molecule has 6 N–H and O–H groups in total. The van der Waals surface area contributed by atoms with Crippen molar-refractivity contribution in [3.63, 3.8) is 0 Å². The van der Waals surface area contributed by atoms with Gasteiger partial charge in [-0.25, -0.2) is 0 Å². The van der Waals surface area contributed by atoms with E-state index in [4.69, 9.17) is 11.5 Å². The lowest BCUT2D eigenvalue weighted by Gasteiger charge is -2.20. The summed E-state index contributed by atoms with van der Waals surface area (Å²) in [7, 11) is 0. The van der Waals surface area contributed by atoms with Crippen molar-refractivity contribution in [3.05, 3.63) is 0 Å². The molecule has 17 heavy (non-hydrogen) atoms. The van der Waals surface area contributed by atoms with E-state index >= 15 is 0 Å². The van der Waals surface area contributed by atoms with Crippen molar-refractivity contribution in [1.82, 2.24) is 10.6 Å². The van der Waals surface area contributed by atoms with Gasteiger partial charge in [0.2, 0.25) is 11.8 Å². The van der Waals surface area contributed by atoms with Gasteiger partial charge >= 0.3 is 0 Å². The lowest BCUT2D eigenvalue weighted by molar-refractivity contribution is -0.127. The third kappa shape index (κ3) is 6.23. The Kier molecular flexibility index (Phi) is 7.49. The summed E-state index contributed by atoms with van der Waals surface area (Å²) < 4.78 is 0. The number of amides is 2. The van der Waals surface area contributed by atoms with Gasteiger partial charge in [-0.3, -0.25) is 9.59 Å². The SMILES string of the molecule is CCC(C)C(C)NC(=O)CNC(=O)C(N)CN. The van der Waals surface area contributed by atoms with Crippen molar-refractivity contribution in [2.45, 2.75) is 39.3 Å². The van der Waals surface area contributed by atoms with Crippen LogP contribution in [0.1, 0.15) is 27.2 Å². The Balaban J connectivity index is 3.91. The van der Waals surface area contributed by atoms with Crippen LogP contribution >= 0.6 is 0 Å². The molecule has 3 atom stereocenters. The normalized spacial score (nSPS) is 15.8. The van der Waals surface area contributed by atoms with Crippen LogP contribution in [-0.4, -0.2) is 37.0 Å². The highest BCUT2D eigenvalue weighted by molar-refractivity contribution is 5.87. The van der Waals surface area contributed by atoms with Crippen molar-refractivity contribution >= 4 is 11.8 Å². The highest BCUT2D eigenvalue weighted by Gasteiger charge is 2.15. The van der Waals surface area contributed by atoms with Crippen LogP contribution in [0.15, 0.2) is 0 Å². The molecule has 100 valence electrons. The third-order valence-corrected chi connectivity index (χ3v) is 2.90. The van der Waals surface area contributed by atoms with E-state index in [2.05, 4.69) is 24.5 Å². The van der Waals surface area contributed by atoms with E-state index in [9.17, 15) is 9.59 Å². The minimum absolute atomic E-state index is 0.0622. The molecule has 0 aromatic heterocycles. The first-order chi connectivity index (χ1) is 7.92. The van der Waals surface area contributed by atoms with Crippen LogP contribution in [0.4, 0.5) is 0 Å². The maximum absolute atomic E-state index is 11.5. The van der Waals surface area contributed by atoms with Crippen LogP contribution in [0.5, 0.6) is 0 Å². The first kappa shape index (κ1) is 15.9. The van der Waals surface area contributed by atoms with Gasteiger partial charge in [0.25, 0.3) is 0 Å². The quantitative estimate of drug-likeness (QED) is 0.457. The molecule has 0 aliphatic carbocycles. The van der Waals surface area contributed by atoms with Crippen LogP contribution in [0.2, 0.25) is 0 Å². The minimum Gasteiger partial charge on any atom is -0.352 e. The molecule has 3 unspecified atom stereocenters. The standard InChI is InChI=1S/C11H24N4O2/c1-4-7(2)8(3)15-10(16)6-14-11(17)9(13)5-12/h7-9H,4-6,12-13H2,1-3H3,(H,14,17)(H,15,16). The molecule has 0 aliphatic heterocycles. The van der Waals surface area contributed by atoms with E-state index in [-0.39, 0.29) is 25.0 Å². The van der Waals surface area contributed by atoms with Gasteiger partial charge in [0.05, 0.1) is 12.6 Å². The van der Waals surface area contributed by atoms with Gasteiger partial charge < -0.3 is 22.1 Å². The van der Waals surface area contributed by atoms with E-state index in [0.29, 0.717) is 5.92 Å². The van der Waals surface area contributed by atoms with Gasteiger partial charge in [-0.15, -0.1) is 0 Å². The van der Waals surface area contributed by atoms with E-state index in [1.54, 1.807) is 0 Å². The van der Waals surface area contributed by atoms with E-state index in [0.717, 1.165) is 6.42 Å². The number of nitrogens with one attached hydrogen (secondary N) is 2. The number of nitrogens with two attached hydrogens (primary N) is 2. The van der Waals surface area contributed by atoms with E-state index in [1.807, 2.05) is 6.92 Å². The average Bonchev–Trinajstić information content (AvgIpc) is 2.33. The summed E-state index contributed by atoms with van der Waals surface area (Å²) in [4.78, 5) is 22.7. The fraction of sp³-hybridized carbons (Fsp3) is 0.818. The fourth-order valence-corrected chi connectivity index (χ4v) is 1.21. The molecule has 0 aromatic rings. The largest absolute Gasteiger partial charge is 0.352 e. The summed E-state index contributed by atoms with van der Waals surface area (Å²) in [5.41, 5.74) is 10.6. The monoisotopic (exact) mass is 244 g/mol. The Bertz CT molecular complexity index is 258. The molecule has 0 saturated carbocycles. The molecule has 0 aliphatic rings. The second-order valence-corrected chi connectivity index (χ2v) is 4.30. The molecule has 0 fully saturated rings. The number of hydrogen-bond acceptors (Lipinski definition) is 4. The lowest BCUT2D eigenvalue weighted by Crippen LogP contribution is -2.49. The highest BCUT2D eigenvalue weighted by Crippen LogP contribution is 2.05. The molecule has 0 aromatic carbocycles. The van der Waals surface area contributed by atoms with Gasteiger partial charge in [0, 0.05) is 12.6 Å². The molecule has 0 heterocycles. The van der Waals surface area contributed by atoms with Crippen LogP contribution in [0, 0.1) is 5.92 Å². The molecular formula is C11H24N4O2. The molecule has 0 spiro atoms. The van der Waals surface area contributed by atoms with Crippen molar-refractivity contribution in [1.29, 1.82) is 0 Å². The molecule has 2 amide bonds. The zero-order valence-corrected chi connectivity index (χ0v) is 10.8. The molecule has 6 heteroatoms. The summed E-state index contributed by atoms with van der Waals surface area (Å²) >= 11 is 0. The second kappa shape index (κ2) is 8.03. The predicted octanol–water partition coefficient (Wildman–Crippen LogP) is -1.06. The first-order valence-corrected chi connectivity index (χ1v) is 5.95. The molecule has 0 rings (SSSR count). The van der Waals surface area contributed by atoms with Gasteiger partial charge in [-0.1, -0.05) is 20.3 Å². The number of carbonyl (C=O) groups excluding carboxylic acids is 2. The summed E-state index contributed by atoms with van der Waals surface area (Å²) in [5, 5.41) is 5.26. The van der Waals surface area contributed by atoms with E-state index < -0.39 is 11.9 Å². The highest BCUT2D eigenvalue weighted by atomic mass is 16.2. The van der Waals surface area contributed by atoms with Crippen molar-refractivity contribution in [2.24, 2.45) is 17.4 Å². The predicted molar refractivity (Wildman–Crippen MR) is 67.1 cm³/mol. The Hall–Kier alpha value is -1.14. The third-order valence-electron chi connectivity index (χ3n) is 2.90. The lowest BCUT2D eigenvalue weighted by atomic mass is 10.0. The van der Waals surface area contributed by atoms with Gasteiger partial charge in [0.15, 0.2) is 0 Å². The van der Waals surface area contributed by atoms with Gasteiger partial charge in [-0.05, 0) is 12.8 Å². The smallest absolute Gasteiger partial charge is 0.239 e. The summed E-state index contributed by atoms with van der Waals surface area (Å²) in [6, 6.07) is -0.664. The van der Waals surface area contributed by atoms with Crippen LogP contribution in [0.25, 0.3) is 0 Å². The number of hydrogen-bond donors (Lipinski definition) is 4. The molecule has 0 saturated heterocycles. The molecular weight excluding hydrogens is 220 g/mol. The first-order valence-electron chi connectivity index (χ1n) is 5.95. The van der Waals surface area contributed by atoms with Crippen LogP contribution in [0.3, 0.4) is 0 Å². The Morgan fingerprint density at radius 2 is 1.88 bits per heavy atom. The summed E-state index contributed by atoms with van der Waals surface area (Å²) in [6.45, 7) is 6.08. The fourth-order valence-electron chi connectivity index (χ4n) is 1.21. The molecule has 0 radical (unpaired) electrons. The summed E-state index contributed by atoms with van der Waals surface area (Å²) in [5.74, 6) is -0.213. The maximum atomic E-state index is 11.5. The topological polar surface area (TPSA) is 110 Å². The Morgan fingerprint density at radius 1 is 1.29 bits per heavy atom. The maximum Gasteiger partial charge on any atom is 0.239 e. The molecule has 6 nitrogen and oxygen atoms in total. The van der Waals surface area contributed by atoms with Gasteiger partial charge in [-0.2, -0.15) is 0 Å². The number of carbonyl (C=O) groups is 2. The van der Waals surface area contributed by atoms with Crippen molar-refractivity contribution in [2.75, 3.05) is 13.1 Å². The average molecular weight is 244 g/mol. The van der Waals surface area contributed by atoms with E-state index in [1.165, 1.54) is 0 Å². The van der Waals surface area contributed by atoms with Crippen molar-refractivity contribution < 1.29 is 9.59 Å². The summed E-state index contributed by atoms with van der Waals surface area (Å²) in [6.07, 6.45) is 0.992. The second-order valence-electron chi connectivity index (χ2n) is 4.30. The zero-order chi connectivity index (χ0) is 13.4. The van der Waals surface area contributed by atoms with Crippen molar-refractivity contribution in [3.8, 4) is 0 Å². The minimum atomic E-state index is -0.755. The number of rotatable bonds is 7. The molecule has 0 bridgehead atoms.